The SMILES string of the molecule is CN(CC1CCC(O)CC1)c1nc(Nc2cc(N)nn3c(C#N)cnc23)ccc1C(=O)N1CCN(c2ccccc2F)CC1. The number of hydrogen-bond donors (Lipinski definition) is 3. The zero-order valence-corrected chi connectivity index (χ0v) is 24.5. The standard InChI is InChI=1S/C31H35FN10O2/c1-39(19-20-6-8-22(43)9-7-20)29-23(31(44)41-14-12-40(13-15-41)26-5-3-2-4-24(26)32)10-11-28(37-29)36-25-16-27(34)38-42-21(17-33)18-35-30(25)42/h2-5,10-11,16,18,20,22,43H,6-9,12-15,19H2,1H3,(H2,34,38)(H,36,37). The molecular weight excluding hydrogens is 563 g/mol. The Hall–Kier alpha value is -4.96. The minimum absolute atomic E-state index is 0.138. The molecule has 4 N–H and O–H groups in total. The molecule has 4 aromatic rings. The van der Waals surface area contributed by atoms with E-state index in [9.17, 15) is 19.6 Å². The Bertz CT molecular complexity index is 1700. The number of aliphatic hydroxyl groups excluding tert-OH is 1. The number of nitrogens with two attached hydrogens (primary N) is 1. The lowest BCUT2D eigenvalue weighted by Gasteiger charge is -2.37. The van der Waals surface area contributed by atoms with Crippen LogP contribution in [-0.2, 0) is 0 Å². The first-order valence-electron chi connectivity index (χ1n) is 14.8. The minimum atomic E-state index is -0.272. The van der Waals surface area contributed by atoms with Gasteiger partial charge >= 0.3 is 0 Å². The molecule has 0 atom stereocenters. The van der Waals surface area contributed by atoms with E-state index in [0.29, 0.717) is 72.9 Å². The van der Waals surface area contributed by atoms with E-state index in [1.807, 2.05) is 22.9 Å². The van der Waals surface area contributed by atoms with Crippen LogP contribution in [0.2, 0.25) is 0 Å². The molecule has 1 saturated heterocycles. The summed E-state index contributed by atoms with van der Waals surface area (Å²) in [5, 5.41) is 26.9. The molecule has 0 radical (unpaired) electrons. The molecule has 0 unspecified atom stereocenters. The number of imidazole rings is 1. The highest BCUT2D eigenvalue weighted by atomic mass is 19.1. The number of para-hydroxylation sites is 1. The summed E-state index contributed by atoms with van der Waals surface area (Å²) in [4.78, 5) is 28.9. The van der Waals surface area contributed by atoms with E-state index in [-0.39, 0.29) is 29.3 Å². The third-order valence-electron chi connectivity index (χ3n) is 8.44. The fourth-order valence-electron chi connectivity index (χ4n) is 6.10. The quantitative estimate of drug-likeness (QED) is 0.289. The predicted octanol–water partition coefficient (Wildman–Crippen LogP) is 3.41. The maximum absolute atomic E-state index is 14.4. The predicted molar refractivity (Wildman–Crippen MR) is 165 cm³/mol. The summed E-state index contributed by atoms with van der Waals surface area (Å²) in [6.07, 6.45) is 4.51. The molecule has 1 aromatic carbocycles. The van der Waals surface area contributed by atoms with Crippen LogP contribution in [0.5, 0.6) is 0 Å². The highest BCUT2D eigenvalue weighted by Crippen LogP contribution is 2.30. The van der Waals surface area contributed by atoms with Crippen LogP contribution in [0, 0.1) is 23.1 Å². The average Bonchev–Trinajstić information content (AvgIpc) is 3.45. The number of hydrogen-bond acceptors (Lipinski definition) is 10. The van der Waals surface area contributed by atoms with Gasteiger partial charge in [0.1, 0.15) is 29.3 Å². The molecule has 44 heavy (non-hydrogen) atoms. The van der Waals surface area contributed by atoms with Crippen molar-refractivity contribution in [2.45, 2.75) is 31.8 Å². The first-order valence-corrected chi connectivity index (χ1v) is 14.8. The van der Waals surface area contributed by atoms with Crippen LogP contribution in [0.4, 0.5) is 33.2 Å². The van der Waals surface area contributed by atoms with Gasteiger partial charge in [-0.1, -0.05) is 12.1 Å². The Kier molecular flexibility index (Phi) is 8.17. The number of carbonyl (C=O) groups excluding carboxylic acids is 1. The van der Waals surface area contributed by atoms with Gasteiger partial charge in [0.05, 0.1) is 29.2 Å². The Balaban J connectivity index is 1.27. The molecular formula is C31H35FN10O2. The number of benzene rings is 1. The van der Waals surface area contributed by atoms with Gasteiger partial charge in [0.15, 0.2) is 11.3 Å². The molecule has 13 heteroatoms. The van der Waals surface area contributed by atoms with Gasteiger partial charge in [0.25, 0.3) is 5.91 Å². The van der Waals surface area contributed by atoms with Crippen LogP contribution >= 0.6 is 0 Å². The third kappa shape index (κ3) is 5.93. The summed E-state index contributed by atoms with van der Waals surface area (Å²) in [6, 6.07) is 13.9. The van der Waals surface area contributed by atoms with E-state index >= 15 is 0 Å². The fraction of sp³-hybridized carbons (Fsp3) is 0.387. The van der Waals surface area contributed by atoms with Crippen molar-refractivity contribution >= 4 is 40.4 Å². The van der Waals surface area contributed by atoms with E-state index in [0.717, 1.165) is 25.7 Å². The number of carbonyl (C=O) groups is 1. The number of amides is 1. The zero-order chi connectivity index (χ0) is 30.8. The van der Waals surface area contributed by atoms with Crippen molar-refractivity contribution in [2.24, 2.45) is 5.92 Å². The molecule has 1 aliphatic heterocycles. The first-order chi connectivity index (χ1) is 21.3. The van der Waals surface area contributed by atoms with Crippen LogP contribution in [0.15, 0.2) is 48.7 Å². The first kappa shape index (κ1) is 29.1. The van der Waals surface area contributed by atoms with Crippen LogP contribution in [0.1, 0.15) is 41.7 Å². The lowest BCUT2D eigenvalue weighted by Crippen LogP contribution is -2.49. The molecule has 0 bridgehead atoms. The van der Waals surface area contributed by atoms with E-state index in [2.05, 4.69) is 21.5 Å². The van der Waals surface area contributed by atoms with Crippen LogP contribution in [-0.4, -0.2) is 81.4 Å². The Morgan fingerprint density at radius 2 is 1.91 bits per heavy atom. The normalized spacial score (nSPS) is 18.7. The number of aliphatic hydroxyl groups is 1. The van der Waals surface area contributed by atoms with E-state index in [1.54, 1.807) is 35.2 Å². The van der Waals surface area contributed by atoms with Gasteiger partial charge in [-0.25, -0.2) is 14.4 Å². The third-order valence-corrected chi connectivity index (χ3v) is 8.44. The molecule has 2 aliphatic rings. The minimum Gasteiger partial charge on any atom is -0.393 e. The maximum Gasteiger partial charge on any atom is 0.257 e. The molecule has 1 aliphatic carbocycles. The highest BCUT2D eigenvalue weighted by molar-refractivity contribution is 5.99. The molecule has 3 aromatic heterocycles. The lowest BCUT2D eigenvalue weighted by atomic mass is 9.87. The maximum atomic E-state index is 14.4. The summed E-state index contributed by atoms with van der Waals surface area (Å²) in [6.45, 7) is 2.62. The number of anilines is 5. The second-order valence-electron chi connectivity index (χ2n) is 11.5. The molecule has 2 fully saturated rings. The Labute approximate surface area is 254 Å². The number of rotatable bonds is 7. The average molecular weight is 599 g/mol. The summed E-state index contributed by atoms with van der Waals surface area (Å²) in [7, 11) is 1.93. The summed E-state index contributed by atoms with van der Waals surface area (Å²) in [5.41, 5.74) is 8.22. The number of fused-ring (bicyclic) bond motifs is 1. The zero-order valence-electron chi connectivity index (χ0n) is 24.5. The molecule has 6 rings (SSSR count). The second-order valence-corrected chi connectivity index (χ2v) is 11.5. The largest absolute Gasteiger partial charge is 0.393 e. The van der Waals surface area contributed by atoms with Gasteiger partial charge in [-0.05, 0) is 55.9 Å². The number of aromatic nitrogens is 4. The molecule has 12 nitrogen and oxygen atoms in total. The molecule has 1 amide bonds. The van der Waals surface area contributed by atoms with Crippen molar-refractivity contribution in [2.75, 3.05) is 60.6 Å². The van der Waals surface area contributed by atoms with E-state index < -0.39 is 0 Å². The van der Waals surface area contributed by atoms with Gasteiger partial charge in [0.2, 0.25) is 0 Å². The van der Waals surface area contributed by atoms with Crippen molar-refractivity contribution in [1.82, 2.24) is 24.5 Å². The summed E-state index contributed by atoms with van der Waals surface area (Å²) in [5.74, 6) is 1.16. The number of nitrogens with zero attached hydrogens (tertiary/aromatic N) is 8. The summed E-state index contributed by atoms with van der Waals surface area (Å²) < 4.78 is 15.8. The number of nitrogens with one attached hydrogen (secondary N) is 1. The van der Waals surface area contributed by atoms with E-state index in [1.165, 1.54) is 16.8 Å². The number of nitrogen functional groups attached to an aromatic ring is 1. The van der Waals surface area contributed by atoms with Crippen LogP contribution in [0.25, 0.3) is 5.65 Å². The monoisotopic (exact) mass is 598 g/mol. The van der Waals surface area contributed by atoms with Gasteiger partial charge in [-0.3, -0.25) is 4.79 Å². The lowest BCUT2D eigenvalue weighted by molar-refractivity contribution is 0.0747. The Morgan fingerprint density at radius 1 is 1.16 bits per heavy atom. The smallest absolute Gasteiger partial charge is 0.257 e. The van der Waals surface area contributed by atoms with Crippen molar-refractivity contribution in [1.29, 1.82) is 5.26 Å². The van der Waals surface area contributed by atoms with Crippen LogP contribution < -0.4 is 20.9 Å². The topological polar surface area (TPSA) is 152 Å². The van der Waals surface area contributed by atoms with Crippen molar-refractivity contribution in [3.63, 3.8) is 0 Å². The molecule has 1 saturated carbocycles. The number of pyridine rings is 1. The molecule has 0 spiro atoms. The number of nitriles is 1. The fourth-order valence-corrected chi connectivity index (χ4v) is 6.10. The molecule has 228 valence electrons. The Morgan fingerprint density at radius 3 is 2.64 bits per heavy atom. The number of piperazine rings is 1. The van der Waals surface area contributed by atoms with Crippen molar-refractivity contribution in [3.05, 3.63) is 65.7 Å². The highest BCUT2D eigenvalue weighted by Gasteiger charge is 2.28. The number of halogens is 1. The van der Waals surface area contributed by atoms with Gasteiger partial charge in [0, 0.05) is 45.8 Å². The van der Waals surface area contributed by atoms with Crippen LogP contribution in [0.3, 0.4) is 0 Å². The van der Waals surface area contributed by atoms with Gasteiger partial charge in [-0.15, -0.1) is 5.10 Å². The van der Waals surface area contributed by atoms with Crippen molar-refractivity contribution < 1.29 is 14.3 Å². The summed E-state index contributed by atoms with van der Waals surface area (Å²) >= 11 is 0. The van der Waals surface area contributed by atoms with Gasteiger partial charge in [-0.2, -0.15) is 9.78 Å². The van der Waals surface area contributed by atoms with Crippen molar-refractivity contribution in [3.8, 4) is 6.07 Å². The molecule has 4 heterocycles. The second kappa shape index (κ2) is 12.3. The van der Waals surface area contributed by atoms with E-state index in [4.69, 9.17) is 10.7 Å². The van der Waals surface area contributed by atoms with Gasteiger partial charge < -0.3 is 30.9 Å².